The fraction of sp³-hybridized carbons (Fsp3) is 0.450. The van der Waals surface area contributed by atoms with E-state index in [1.54, 1.807) is 18.4 Å². The number of benzene rings is 1. The summed E-state index contributed by atoms with van der Waals surface area (Å²) in [5.74, 6) is 0.699. The van der Waals surface area contributed by atoms with Gasteiger partial charge in [-0.2, -0.15) is 0 Å². The monoisotopic (exact) mass is 344 g/mol. The number of piperidine rings is 1. The molecule has 1 aromatic carbocycles. The molecule has 0 atom stereocenters. The zero-order valence-electron chi connectivity index (χ0n) is 14.7. The normalized spacial score (nSPS) is 16.1. The Morgan fingerprint density at radius 1 is 1.24 bits per heavy atom. The molecule has 0 unspecified atom stereocenters. The van der Waals surface area contributed by atoms with Crippen LogP contribution in [0.25, 0.3) is 0 Å². The number of hydrogen-bond donors (Lipinski definition) is 0. The Morgan fingerprint density at radius 3 is 2.60 bits per heavy atom. The van der Waals surface area contributed by atoms with E-state index in [0.29, 0.717) is 19.4 Å². The van der Waals surface area contributed by atoms with Crippen molar-refractivity contribution in [2.24, 2.45) is 0 Å². The molecule has 1 aliphatic heterocycles. The Hall–Kier alpha value is -2.14. The third-order valence-electron chi connectivity index (χ3n) is 4.90. The van der Waals surface area contributed by atoms with Gasteiger partial charge in [0.2, 0.25) is 5.91 Å². The Kier molecular flexibility index (Phi) is 5.87. The van der Waals surface area contributed by atoms with Gasteiger partial charge in [-0.1, -0.05) is 12.1 Å². The second kappa shape index (κ2) is 8.30. The van der Waals surface area contributed by atoms with Crippen molar-refractivity contribution in [3.05, 3.63) is 59.8 Å². The third kappa shape index (κ3) is 4.92. The van der Waals surface area contributed by atoms with Crippen LogP contribution in [0.5, 0.6) is 0 Å². The molecular formula is C20H25FN2O2. The van der Waals surface area contributed by atoms with Gasteiger partial charge in [-0.15, -0.1) is 0 Å². The van der Waals surface area contributed by atoms with E-state index in [2.05, 4.69) is 11.9 Å². The van der Waals surface area contributed by atoms with Gasteiger partial charge in [-0.05, 0) is 69.2 Å². The van der Waals surface area contributed by atoms with Crippen molar-refractivity contribution >= 4 is 5.91 Å². The largest absolute Gasteiger partial charge is 0.467 e. The first-order valence-electron chi connectivity index (χ1n) is 8.86. The maximum absolute atomic E-state index is 13.0. The van der Waals surface area contributed by atoms with Crippen LogP contribution < -0.4 is 0 Å². The number of halogens is 1. The van der Waals surface area contributed by atoms with Crippen molar-refractivity contribution in [2.75, 3.05) is 20.1 Å². The highest BCUT2D eigenvalue weighted by molar-refractivity contribution is 5.76. The van der Waals surface area contributed by atoms with Gasteiger partial charge in [0.1, 0.15) is 11.6 Å². The Balaban J connectivity index is 1.64. The van der Waals surface area contributed by atoms with Gasteiger partial charge in [0.15, 0.2) is 0 Å². The van der Waals surface area contributed by atoms with E-state index < -0.39 is 0 Å². The van der Waals surface area contributed by atoms with Crippen molar-refractivity contribution in [3.8, 4) is 0 Å². The van der Waals surface area contributed by atoms with Crippen LogP contribution in [0, 0.1) is 5.82 Å². The molecule has 3 rings (SSSR count). The lowest BCUT2D eigenvalue weighted by molar-refractivity contribution is -0.135. The topological polar surface area (TPSA) is 36.7 Å². The number of aryl methyl sites for hydroxylation is 1. The summed E-state index contributed by atoms with van der Waals surface area (Å²) in [4.78, 5) is 17.2. The molecule has 5 heteroatoms. The van der Waals surface area contributed by atoms with Crippen molar-refractivity contribution in [1.29, 1.82) is 0 Å². The molecule has 1 fully saturated rings. The summed E-state index contributed by atoms with van der Waals surface area (Å²) in [6.45, 7) is 2.53. The number of furan rings is 1. The van der Waals surface area contributed by atoms with Gasteiger partial charge in [-0.25, -0.2) is 4.39 Å². The summed E-state index contributed by atoms with van der Waals surface area (Å²) in [7, 11) is 2.11. The molecule has 2 aromatic rings. The molecule has 0 radical (unpaired) electrons. The molecular weight excluding hydrogens is 319 g/mol. The van der Waals surface area contributed by atoms with Crippen LogP contribution in [0.3, 0.4) is 0 Å². The van der Waals surface area contributed by atoms with Crippen molar-refractivity contribution < 1.29 is 13.6 Å². The predicted molar refractivity (Wildman–Crippen MR) is 94.5 cm³/mol. The van der Waals surface area contributed by atoms with E-state index in [-0.39, 0.29) is 17.8 Å². The first kappa shape index (κ1) is 17.7. The minimum atomic E-state index is -0.249. The molecule has 0 bridgehead atoms. The molecule has 1 aliphatic rings. The summed E-state index contributed by atoms with van der Waals surface area (Å²) in [6, 6.07) is 10.4. The lowest BCUT2D eigenvalue weighted by Gasteiger charge is -2.37. The highest BCUT2D eigenvalue weighted by Crippen LogP contribution is 2.20. The molecule has 0 N–H and O–H groups in total. The molecule has 25 heavy (non-hydrogen) atoms. The SMILES string of the molecule is CN1CCC(N(Cc2ccco2)C(=O)CCc2ccc(F)cc2)CC1. The van der Waals surface area contributed by atoms with E-state index in [0.717, 1.165) is 37.3 Å². The zero-order valence-corrected chi connectivity index (χ0v) is 14.7. The average Bonchev–Trinajstić information content (AvgIpc) is 3.13. The van der Waals surface area contributed by atoms with Crippen LogP contribution in [0.15, 0.2) is 47.1 Å². The van der Waals surface area contributed by atoms with Gasteiger partial charge < -0.3 is 14.2 Å². The van der Waals surface area contributed by atoms with E-state index in [1.807, 2.05) is 17.0 Å². The average molecular weight is 344 g/mol. The molecule has 1 amide bonds. The number of amides is 1. The zero-order chi connectivity index (χ0) is 17.6. The smallest absolute Gasteiger partial charge is 0.223 e. The number of carbonyl (C=O) groups is 1. The van der Waals surface area contributed by atoms with E-state index in [4.69, 9.17) is 4.42 Å². The van der Waals surface area contributed by atoms with Crippen LogP contribution in [0.1, 0.15) is 30.6 Å². The second-order valence-corrected chi connectivity index (χ2v) is 6.76. The summed E-state index contributed by atoms with van der Waals surface area (Å²) >= 11 is 0. The predicted octanol–water partition coefficient (Wildman–Crippen LogP) is 3.47. The Morgan fingerprint density at radius 2 is 1.96 bits per heavy atom. The van der Waals surface area contributed by atoms with Gasteiger partial charge >= 0.3 is 0 Å². The van der Waals surface area contributed by atoms with Gasteiger partial charge in [0, 0.05) is 12.5 Å². The molecule has 1 aromatic heterocycles. The molecule has 0 saturated carbocycles. The standard InChI is InChI=1S/C20H25FN2O2/c1-22-12-10-18(11-13-22)23(15-19-3-2-14-25-19)20(24)9-6-16-4-7-17(21)8-5-16/h2-5,7-8,14,18H,6,9-13,15H2,1H3. The summed E-state index contributed by atoms with van der Waals surface area (Å²) in [5.41, 5.74) is 0.982. The van der Waals surface area contributed by atoms with Gasteiger partial charge in [0.05, 0.1) is 12.8 Å². The molecule has 4 nitrogen and oxygen atoms in total. The first-order valence-corrected chi connectivity index (χ1v) is 8.86. The van der Waals surface area contributed by atoms with E-state index in [9.17, 15) is 9.18 Å². The minimum Gasteiger partial charge on any atom is -0.467 e. The van der Waals surface area contributed by atoms with Gasteiger partial charge in [-0.3, -0.25) is 4.79 Å². The van der Waals surface area contributed by atoms with Crippen LogP contribution in [-0.2, 0) is 17.8 Å². The number of rotatable bonds is 6. The molecule has 0 aliphatic carbocycles. The lowest BCUT2D eigenvalue weighted by Crippen LogP contribution is -2.46. The number of nitrogens with zero attached hydrogens (tertiary/aromatic N) is 2. The van der Waals surface area contributed by atoms with Crippen molar-refractivity contribution in [1.82, 2.24) is 9.80 Å². The number of hydrogen-bond acceptors (Lipinski definition) is 3. The molecule has 1 saturated heterocycles. The highest BCUT2D eigenvalue weighted by Gasteiger charge is 2.27. The second-order valence-electron chi connectivity index (χ2n) is 6.76. The Labute approximate surface area is 148 Å². The van der Waals surface area contributed by atoms with Crippen LogP contribution in [-0.4, -0.2) is 41.9 Å². The quantitative estimate of drug-likeness (QED) is 0.805. The van der Waals surface area contributed by atoms with Crippen molar-refractivity contribution in [3.63, 3.8) is 0 Å². The van der Waals surface area contributed by atoms with Crippen LogP contribution in [0.4, 0.5) is 4.39 Å². The number of carbonyl (C=O) groups excluding carboxylic acids is 1. The van der Waals surface area contributed by atoms with Crippen LogP contribution >= 0.6 is 0 Å². The molecule has 0 spiro atoms. The first-order chi connectivity index (χ1) is 12.1. The van der Waals surface area contributed by atoms with Crippen molar-refractivity contribution in [2.45, 2.75) is 38.3 Å². The molecule has 134 valence electrons. The number of likely N-dealkylation sites (tertiary alicyclic amines) is 1. The van der Waals surface area contributed by atoms with Crippen LogP contribution in [0.2, 0.25) is 0 Å². The summed E-state index contributed by atoms with van der Waals surface area (Å²) < 4.78 is 18.5. The lowest BCUT2D eigenvalue weighted by atomic mass is 10.0. The summed E-state index contributed by atoms with van der Waals surface area (Å²) in [6.07, 6.45) is 4.67. The minimum absolute atomic E-state index is 0.135. The molecule has 2 heterocycles. The van der Waals surface area contributed by atoms with Gasteiger partial charge in [0.25, 0.3) is 0 Å². The highest BCUT2D eigenvalue weighted by atomic mass is 19.1. The van der Waals surface area contributed by atoms with E-state index >= 15 is 0 Å². The third-order valence-corrected chi connectivity index (χ3v) is 4.90. The summed E-state index contributed by atoms with van der Waals surface area (Å²) in [5, 5.41) is 0. The fourth-order valence-electron chi connectivity index (χ4n) is 3.34. The maximum Gasteiger partial charge on any atom is 0.223 e. The Bertz CT molecular complexity index is 662. The maximum atomic E-state index is 13.0. The van der Waals surface area contributed by atoms with E-state index in [1.165, 1.54) is 12.1 Å². The fourth-order valence-corrected chi connectivity index (χ4v) is 3.34.